The summed E-state index contributed by atoms with van der Waals surface area (Å²) >= 11 is 1.27. The zero-order valence-corrected chi connectivity index (χ0v) is 12.4. The van der Waals surface area contributed by atoms with E-state index in [0.717, 1.165) is 16.5 Å². The third-order valence-corrected chi connectivity index (χ3v) is 4.39. The maximum atomic E-state index is 11.8. The van der Waals surface area contributed by atoms with Crippen molar-refractivity contribution in [3.8, 4) is 11.4 Å². The van der Waals surface area contributed by atoms with Gasteiger partial charge < -0.3 is 10.5 Å². The number of benzene rings is 1. The summed E-state index contributed by atoms with van der Waals surface area (Å²) in [6, 6.07) is 9.60. The molecule has 0 unspecified atom stereocenters. The second-order valence-electron chi connectivity index (χ2n) is 4.53. The molecule has 0 aliphatic rings. The number of nitrogen functional groups attached to an aromatic ring is 1. The Bertz CT molecular complexity index is 828. The second-order valence-corrected chi connectivity index (χ2v) is 5.53. The molecule has 0 saturated heterocycles. The molecular formula is C15H13N3O2S. The SMILES string of the molecule is COC(=O)c1sc2nc(-c3ccccc3)nc(N)c2c1C. The molecule has 0 spiro atoms. The van der Waals surface area contributed by atoms with Gasteiger partial charge in [-0.15, -0.1) is 11.3 Å². The number of ether oxygens (including phenoxy) is 1. The highest BCUT2D eigenvalue weighted by atomic mass is 32.1. The van der Waals surface area contributed by atoms with Gasteiger partial charge >= 0.3 is 5.97 Å². The van der Waals surface area contributed by atoms with Crippen LogP contribution in [0.1, 0.15) is 15.2 Å². The van der Waals surface area contributed by atoms with E-state index in [1.807, 2.05) is 37.3 Å². The fourth-order valence-electron chi connectivity index (χ4n) is 2.17. The molecule has 2 N–H and O–H groups in total. The molecule has 2 heterocycles. The molecule has 3 rings (SSSR count). The van der Waals surface area contributed by atoms with Crippen LogP contribution in [0.4, 0.5) is 5.82 Å². The minimum Gasteiger partial charge on any atom is -0.465 e. The summed E-state index contributed by atoms with van der Waals surface area (Å²) in [6.45, 7) is 1.83. The summed E-state index contributed by atoms with van der Waals surface area (Å²) in [5, 5.41) is 0.722. The lowest BCUT2D eigenvalue weighted by atomic mass is 10.2. The monoisotopic (exact) mass is 299 g/mol. The normalized spacial score (nSPS) is 10.8. The molecule has 3 aromatic rings. The number of carbonyl (C=O) groups is 1. The Balaban J connectivity index is 2.23. The Kier molecular flexibility index (Phi) is 3.31. The van der Waals surface area contributed by atoms with Gasteiger partial charge in [-0.3, -0.25) is 0 Å². The van der Waals surface area contributed by atoms with Crippen molar-refractivity contribution < 1.29 is 9.53 Å². The Morgan fingerprint density at radius 1 is 1.24 bits per heavy atom. The number of nitrogens with two attached hydrogens (primary N) is 1. The first kappa shape index (κ1) is 13.5. The fraction of sp³-hybridized carbons (Fsp3) is 0.133. The minimum absolute atomic E-state index is 0.378. The second kappa shape index (κ2) is 5.14. The van der Waals surface area contributed by atoms with Crippen molar-refractivity contribution >= 4 is 33.3 Å². The van der Waals surface area contributed by atoms with Crippen molar-refractivity contribution in [3.63, 3.8) is 0 Å². The first-order chi connectivity index (χ1) is 10.1. The highest BCUT2D eigenvalue weighted by molar-refractivity contribution is 7.20. The van der Waals surface area contributed by atoms with Crippen LogP contribution in [0.2, 0.25) is 0 Å². The zero-order chi connectivity index (χ0) is 15.0. The van der Waals surface area contributed by atoms with Gasteiger partial charge in [-0.05, 0) is 12.5 Å². The van der Waals surface area contributed by atoms with Crippen LogP contribution in [-0.2, 0) is 4.74 Å². The highest BCUT2D eigenvalue weighted by Gasteiger charge is 2.20. The molecule has 0 bridgehead atoms. The molecule has 0 radical (unpaired) electrons. The number of hydrogen-bond acceptors (Lipinski definition) is 6. The number of rotatable bonds is 2. The molecule has 0 atom stereocenters. The number of nitrogens with zero attached hydrogens (tertiary/aromatic N) is 2. The lowest BCUT2D eigenvalue weighted by Gasteiger charge is -2.03. The number of thiophene rings is 1. The number of esters is 1. The minimum atomic E-state index is -0.379. The number of fused-ring (bicyclic) bond motifs is 1. The van der Waals surface area contributed by atoms with Gasteiger partial charge in [0.15, 0.2) is 5.82 Å². The van der Waals surface area contributed by atoms with Crippen LogP contribution in [0, 0.1) is 6.92 Å². The van der Waals surface area contributed by atoms with Crippen molar-refractivity contribution in [3.05, 3.63) is 40.8 Å². The summed E-state index contributed by atoms with van der Waals surface area (Å²) in [7, 11) is 1.36. The van der Waals surface area contributed by atoms with E-state index in [1.165, 1.54) is 18.4 Å². The van der Waals surface area contributed by atoms with Gasteiger partial charge in [0.05, 0.1) is 12.5 Å². The van der Waals surface area contributed by atoms with Crippen LogP contribution in [0.5, 0.6) is 0 Å². The quantitative estimate of drug-likeness (QED) is 0.736. The number of aromatic nitrogens is 2. The lowest BCUT2D eigenvalue weighted by Crippen LogP contribution is -2.00. The molecule has 0 aliphatic carbocycles. The third-order valence-electron chi connectivity index (χ3n) is 3.22. The summed E-state index contributed by atoms with van der Waals surface area (Å²) in [5.74, 6) is 0.553. The maximum absolute atomic E-state index is 11.8. The van der Waals surface area contributed by atoms with E-state index in [9.17, 15) is 4.79 Å². The Labute approximate surface area is 125 Å². The topological polar surface area (TPSA) is 78.1 Å². The van der Waals surface area contributed by atoms with E-state index >= 15 is 0 Å². The zero-order valence-electron chi connectivity index (χ0n) is 11.6. The van der Waals surface area contributed by atoms with Crippen LogP contribution in [0.25, 0.3) is 21.6 Å². The van der Waals surface area contributed by atoms with Crippen LogP contribution in [0.15, 0.2) is 30.3 Å². The van der Waals surface area contributed by atoms with E-state index in [1.54, 1.807) is 0 Å². The van der Waals surface area contributed by atoms with Crippen molar-refractivity contribution in [2.75, 3.05) is 12.8 Å². The van der Waals surface area contributed by atoms with Crippen molar-refractivity contribution in [1.29, 1.82) is 0 Å². The molecule has 0 saturated carbocycles. The van der Waals surface area contributed by atoms with Crippen LogP contribution >= 0.6 is 11.3 Å². The average molecular weight is 299 g/mol. The van der Waals surface area contributed by atoms with E-state index < -0.39 is 0 Å². The van der Waals surface area contributed by atoms with E-state index in [0.29, 0.717) is 21.3 Å². The number of carbonyl (C=O) groups excluding carboxylic acids is 1. The molecule has 2 aromatic heterocycles. The van der Waals surface area contributed by atoms with Crippen molar-refractivity contribution in [2.24, 2.45) is 0 Å². The summed E-state index contributed by atoms with van der Waals surface area (Å²) in [5.41, 5.74) is 7.70. The van der Waals surface area contributed by atoms with Gasteiger partial charge in [0.25, 0.3) is 0 Å². The lowest BCUT2D eigenvalue weighted by molar-refractivity contribution is 0.0605. The van der Waals surface area contributed by atoms with E-state index in [-0.39, 0.29) is 5.97 Å². The van der Waals surface area contributed by atoms with Crippen molar-refractivity contribution in [1.82, 2.24) is 9.97 Å². The van der Waals surface area contributed by atoms with Crippen LogP contribution < -0.4 is 5.73 Å². The number of anilines is 1. The summed E-state index contributed by atoms with van der Waals surface area (Å²) in [6.07, 6.45) is 0. The molecule has 6 heteroatoms. The summed E-state index contributed by atoms with van der Waals surface area (Å²) in [4.78, 5) is 21.9. The predicted molar refractivity (Wildman–Crippen MR) is 83.3 cm³/mol. The van der Waals surface area contributed by atoms with E-state index in [4.69, 9.17) is 10.5 Å². The fourth-order valence-corrected chi connectivity index (χ4v) is 3.28. The van der Waals surface area contributed by atoms with Gasteiger partial charge in [0, 0.05) is 5.56 Å². The number of aryl methyl sites for hydroxylation is 1. The standard InChI is InChI=1S/C15H13N3O2S/c1-8-10-12(16)17-13(9-6-4-3-5-7-9)18-14(10)21-11(8)15(19)20-2/h3-7H,1-2H3,(H2,16,17,18). The first-order valence-electron chi connectivity index (χ1n) is 6.32. The predicted octanol–water partition coefficient (Wildman–Crippen LogP) is 3.04. The van der Waals surface area contributed by atoms with Gasteiger partial charge in [-0.1, -0.05) is 30.3 Å². The van der Waals surface area contributed by atoms with Gasteiger partial charge in [-0.25, -0.2) is 14.8 Å². The largest absolute Gasteiger partial charge is 0.465 e. The smallest absolute Gasteiger partial charge is 0.348 e. The van der Waals surface area contributed by atoms with Crippen LogP contribution in [0.3, 0.4) is 0 Å². The third kappa shape index (κ3) is 2.23. The molecule has 0 amide bonds. The molecular weight excluding hydrogens is 286 g/mol. The highest BCUT2D eigenvalue weighted by Crippen LogP contribution is 2.34. The Morgan fingerprint density at radius 2 is 1.95 bits per heavy atom. The number of methoxy groups -OCH3 is 1. The molecule has 0 aliphatic heterocycles. The molecule has 21 heavy (non-hydrogen) atoms. The van der Waals surface area contributed by atoms with Gasteiger partial charge in [0.2, 0.25) is 0 Å². The molecule has 5 nitrogen and oxygen atoms in total. The molecule has 0 fully saturated rings. The van der Waals surface area contributed by atoms with E-state index in [2.05, 4.69) is 9.97 Å². The average Bonchev–Trinajstić information content (AvgIpc) is 2.85. The Morgan fingerprint density at radius 3 is 2.62 bits per heavy atom. The number of hydrogen-bond donors (Lipinski definition) is 1. The first-order valence-corrected chi connectivity index (χ1v) is 7.14. The maximum Gasteiger partial charge on any atom is 0.348 e. The van der Waals surface area contributed by atoms with Crippen molar-refractivity contribution in [2.45, 2.75) is 6.92 Å². The molecule has 1 aromatic carbocycles. The van der Waals surface area contributed by atoms with Gasteiger partial charge in [0.1, 0.15) is 15.5 Å². The molecule has 106 valence electrons. The Hall–Kier alpha value is -2.47. The van der Waals surface area contributed by atoms with Crippen LogP contribution in [-0.4, -0.2) is 23.0 Å². The van der Waals surface area contributed by atoms with Gasteiger partial charge in [-0.2, -0.15) is 0 Å². The summed E-state index contributed by atoms with van der Waals surface area (Å²) < 4.78 is 4.78.